The smallest absolute Gasteiger partial charge is 1.00 e. The van der Waals surface area contributed by atoms with Gasteiger partial charge in [-0.1, -0.05) is 161 Å². The van der Waals surface area contributed by atoms with Gasteiger partial charge in [0.15, 0.2) is 24.1 Å². The van der Waals surface area contributed by atoms with Crippen LogP contribution in [0.4, 0.5) is 66.4 Å². The number of nitro benzene ring substituents is 2. The molecule has 0 aliphatic carbocycles. The Morgan fingerprint density at radius 1 is 0.467 bits per heavy atom. The number of nitrogens with one attached hydrogen (secondary N) is 2. The minimum Gasteiger partial charge on any atom is -1.00 e. The van der Waals surface area contributed by atoms with Crippen LogP contribution in [-0.4, -0.2) is 88.2 Å². The van der Waals surface area contributed by atoms with Gasteiger partial charge >= 0.3 is 110 Å². The molecule has 0 fully saturated rings. The largest absolute Gasteiger partial charge is 1.00 e. The second-order valence-corrected chi connectivity index (χ2v) is 34.3. The van der Waals surface area contributed by atoms with E-state index in [0.29, 0.717) is 101 Å². The van der Waals surface area contributed by atoms with Crippen LogP contribution < -0.4 is 149 Å². The Labute approximate surface area is 1010 Å². The molecule has 7 N–H and O–H groups in total. The van der Waals surface area contributed by atoms with Crippen molar-refractivity contribution in [2.45, 2.75) is 46.6 Å². The normalized spacial score (nSPS) is 9.95. The van der Waals surface area contributed by atoms with E-state index in [0.717, 1.165) is 73.9 Å². The van der Waals surface area contributed by atoms with E-state index >= 15 is 0 Å². The fraction of sp³-hybridized carbons (Fsp3) is 0.0777. The Kier molecular flexibility index (Phi) is 57.9. The summed E-state index contributed by atoms with van der Waals surface area (Å²) in [6.07, 6.45) is 5.62. The number of nitrogen functional groups attached to an aromatic ring is 1. The molecule has 13 aromatic carbocycles. The SMILES string of the molecule is C.C.Clc1ncnc2ccc(I)cc12.Fc1cccc(CBr)c1.Fc1cccc(COc2ccc(Nc3ncnc4ccc(I)cc34)cc2Cl)c1.Nc1ccc(OCc2cccc(F)c2)c(Cl)c1.O=CO[O-].O=Cc1ccc(-c2ccc3ncnc(Nc4ccc(OCc5cccc(F)c5)c(Cl)c4)c3c2)o1.O=Cc1ccc(B(O)O)o1.O=[N+]([O-])c1ccc(O)c(Cl)c1.O=[N+]([O-])c1ccc(OCc2cccc(F)c2)c(Cl)c1.[2H]CF.[H-].[HH].[K+].[K+]. The monoisotopic (exact) mass is 2510 g/mol. The molecule has 770 valence electrons. The van der Waals surface area contributed by atoms with Gasteiger partial charge in [0.05, 0.1) is 60.0 Å². The van der Waals surface area contributed by atoms with Crippen LogP contribution in [0, 0.1) is 56.5 Å². The number of furan rings is 2. The number of nitro groups is 2. The van der Waals surface area contributed by atoms with Crippen LogP contribution in [0.2, 0.25) is 30.3 Å². The van der Waals surface area contributed by atoms with Crippen LogP contribution in [-0.2, 0) is 41.4 Å². The van der Waals surface area contributed by atoms with Crippen LogP contribution in [0.5, 0.6) is 28.7 Å². The molecule has 0 amide bonds. The van der Waals surface area contributed by atoms with Gasteiger partial charge in [0.25, 0.3) is 17.8 Å². The number of non-ortho nitro benzene ring substituents is 2. The summed E-state index contributed by atoms with van der Waals surface area (Å²) in [4.78, 5) is 77.0. The molecule has 150 heavy (non-hydrogen) atoms. The quantitative estimate of drug-likeness (QED) is 0.00313. The van der Waals surface area contributed by atoms with Gasteiger partial charge < -0.3 is 70.9 Å². The number of nitrogens with two attached hydrogens (primary N) is 1. The van der Waals surface area contributed by atoms with E-state index in [2.05, 4.69) is 111 Å². The predicted octanol–water partition coefficient (Wildman–Crippen LogP) is 21.8. The molecule has 0 bridgehead atoms. The van der Waals surface area contributed by atoms with E-state index in [9.17, 15) is 56.2 Å². The number of phenols is 1. The standard InChI is InChI=1S/C26H17ClFN3O3.C21H14ClFIN3O.C13H9ClFNO3.C13H11ClFNO.C8H4ClIN2.C7H6BrF.C6H4ClNO3.C5H5BO4.CH3F.CH2O3.2CH4.2K.H2.H/c27-22-12-19(5-8-25(22)33-14-16-2-1-3-18(28)10-16)31-26-21-11-17(4-7-23(21)29-15-30-26)24-9-6-20(13-32)34-24;22-18-10-16(5-7-20(18)28-11-13-2-1-3-14(23)8-13)27-21-17-9-15(24)4-6-19(17)25-12-26-21;14-12-7-11(16(17)18)4-5-13(12)19-8-9-2-1-3-10(15)6-9;14-12-7-11(16)4-5-13(12)17-8-9-2-1-3-10(15)6-9;9-8-6-3-5(10)1-2-7(6)11-4-12-8;8-5-6-2-1-3-7(9)4-6;7-5-3-4(8(10)11)1-2-6(5)9;7-3-4-1-2-5(10-4)6(8)9;1-2;2-1-4-3;;;;;;/h1-13,15H,14H2,(H,29,30,31);1-10,12H,11H2,(H,25,26,27);1-7H,8H2;1-7H,8,16H2;1-4H;1-4H,5H2;1-3,9H;1-3,8-9H;1H3;1,3H;2*1H4;;;1H;/q;;;;;;;;;;;;2*+1;;-1/p-1/i;;;;;;;;1D;;;;;;;. The third-order valence-corrected chi connectivity index (χ3v) is 22.4. The van der Waals surface area contributed by atoms with Crippen molar-refractivity contribution in [1.29, 1.82) is 0 Å². The summed E-state index contributed by atoms with van der Waals surface area (Å²) < 4.78 is 115. The van der Waals surface area contributed by atoms with Crippen LogP contribution in [0.3, 0.4) is 0 Å². The number of phenolic OH excluding ortho intramolecular Hbond substituents is 1. The van der Waals surface area contributed by atoms with Crippen molar-refractivity contribution < 1.29 is 211 Å². The summed E-state index contributed by atoms with van der Waals surface area (Å²) in [5.41, 5.74) is 14.4. The maximum Gasteiger partial charge on any atom is 1.00 e. The third-order valence-electron chi connectivity index (χ3n) is 18.7. The average Bonchev–Trinajstić information content (AvgIpc) is 1.62. The summed E-state index contributed by atoms with van der Waals surface area (Å²) in [7, 11) is -2.64. The van der Waals surface area contributed by atoms with Crippen molar-refractivity contribution in [2.75, 3.05) is 23.5 Å². The van der Waals surface area contributed by atoms with E-state index in [-0.39, 0.29) is 227 Å². The van der Waals surface area contributed by atoms with Crippen molar-refractivity contribution in [3.63, 3.8) is 0 Å². The molecule has 47 heteroatoms. The number of aromatic nitrogens is 6. The molecule has 0 atom stereocenters. The van der Waals surface area contributed by atoms with Gasteiger partial charge in [-0.2, -0.15) is 0 Å². The Morgan fingerprint density at radius 2 is 0.827 bits per heavy atom. The molecule has 0 saturated heterocycles. The van der Waals surface area contributed by atoms with Gasteiger partial charge in [0, 0.05) is 76.9 Å². The van der Waals surface area contributed by atoms with Crippen LogP contribution >= 0.6 is 131 Å². The maximum absolute atomic E-state index is 13.4. The number of ether oxygens (including phenoxy) is 4. The number of benzene rings is 13. The number of carbonyl (C=O) groups excluding carboxylic acids is 3. The number of rotatable bonds is 24. The first-order chi connectivity index (χ1) is 70.6. The molecule has 18 rings (SSSR count). The van der Waals surface area contributed by atoms with Crippen molar-refractivity contribution >= 4 is 235 Å². The Balaban J connectivity index is 0.000000459. The number of carbonyl (C=O) groups is 3. The molecule has 0 radical (unpaired) electrons. The first-order valence-corrected chi connectivity index (χ1v) is 47.0. The van der Waals surface area contributed by atoms with Gasteiger partial charge in [-0.25, -0.2) is 51.9 Å². The van der Waals surface area contributed by atoms with E-state index in [1.54, 1.807) is 109 Å². The van der Waals surface area contributed by atoms with Gasteiger partial charge in [0.1, 0.15) is 131 Å². The summed E-state index contributed by atoms with van der Waals surface area (Å²) in [6.45, 7) is 0.651. The zero-order chi connectivity index (χ0) is 106. The number of aldehydes is 2. The fourth-order valence-electron chi connectivity index (χ4n) is 12.0. The topological polar surface area (TPSA) is 421 Å². The number of hydrogen-bond acceptors (Lipinski definition) is 27. The fourth-order valence-corrected chi connectivity index (χ4v) is 14.6. The zero-order valence-corrected chi connectivity index (χ0v) is 93.5. The van der Waals surface area contributed by atoms with E-state index in [1.165, 1.54) is 122 Å². The minimum atomic E-state index is -1.64. The predicted molar refractivity (Wildman–Crippen MR) is 582 cm³/mol. The number of aromatic hydroxyl groups is 1. The molecular formula is C103H85BBrCl6F6I2K2N11O18. The van der Waals surface area contributed by atoms with Crippen molar-refractivity contribution in [3.8, 4) is 40.1 Å². The molecular weight excluding hydrogens is 2430 g/mol. The van der Waals surface area contributed by atoms with Crippen LogP contribution in [0.25, 0.3) is 44.0 Å². The Morgan fingerprint density at radius 3 is 1.19 bits per heavy atom. The summed E-state index contributed by atoms with van der Waals surface area (Å²) >= 11 is 43.6. The summed E-state index contributed by atoms with van der Waals surface area (Å²) in [6, 6.07) is 77.8. The number of halogens is 15. The number of anilines is 5. The molecule has 0 saturated carbocycles. The minimum absolute atomic E-state index is 0. The van der Waals surface area contributed by atoms with Crippen LogP contribution in [0.15, 0.2) is 319 Å². The average molecular weight is 2520 g/mol. The summed E-state index contributed by atoms with van der Waals surface area (Å²) in [5, 5.41) is 66.7. The Hall–Kier alpha value is -11.1. The number of hydrogen-bond donors (Lipinski definition) is 6. The molecule has 5 heterocycles. The van der Waals surface area contributed by atoms with Crippen molar-refractivity contribution in [2.24, 2.45) is 0 Å². The first-order valence-electron chi connectivity index (χ1n) is 42.2. The second-order valence-electron chi connectivity index (χ2n) is 28.8. The second kappa shape index (κ2) is 68.1. The van der Waals surface area contributed by atoms with E-state index in [1.807, 2.05) is 72.8 Å². The third kappa shape index (κ3) is 43.2. The number of nitrogens with zero attached hydrogens (tertiary/aromatic N) is 8. The number of fused-ring (bicyclic) bond motifs is 3. The molecule has 0 aliphatic rings. The first kappa shape index (κ1) is 128. The maximum atomic E-state index is 13.4. The van der Waals surface area contributed by atoms with Crippen molar-refractivity contribution in [3.05, 3.63) is 436 Å². The van der Waals surface area contributed by atoms with Crippen molar-refractivity contribution in [1.82, 2.24) is 29.9 Å². The molecule has 0 spiro atoms. The molecule has 0 aliphatic heterocycles. The molecule has 0 unspecified atom stereocenters. The van der Waals surface area contributed by atoms with Gasteiger partial charge in [-0.15, -0.1) is 0 Å². The number of alkyl halides is 2. The summed E-state index contributed by atoms with van der Waals surface area (Å²) in [5.74, 6) is 2.48. The van der Waals surface area contributed by atoms with Gasteiger partial charge in [-0.3, -0.25) is 39.0 Å². The van der Waals surface area contributed by atoms with Crippen LogP contribution in [0.1, 0.15) is 68.0 Å². The Bertz CT molecular complexity index is 7530. The van der Waals surface area contributed by atoms with E-state index in [4.69, 9.17) is 125 Å². The molecule has 5 aromatic heterocycles. The van der Waals surface area contributed by atoms with E-state index < -0.39 is 24.1 Å². The van der Waals surface area contributed by atoms with Gasteiger partial charge in [0.2, 0.25) is 0 Å². The van der Waals surface area contributed by atoms with Gasteiger partial charge in [-0.05, 0) is 279 Å². The molecule has 29 nitrogen and oxygen atoms in total. The molecule has 18 aromatic rings. The zero-order valence-electron chi connectivity index (χ0n) is 78.8.